The Kier molecular flexibility index (Phi) is 7.32. The second kappa shape index (κ2) is 8.76. The van der Waals surface area contributed by atoms with Gasteiger partial charge >= 0.3 is 12.0 Å². The van der Waals surface area contributed by atoms with Crippen LogP contribution in [0.5, 0.6) is 0 Å². The number of nitrogens with one attached hydrogen (secondary N) is 2. The molecule has 2 amide bonds. The van der Waals surface area contributed by atoms with E-state index in [0.29, 0.717) is 38.8 Å². The lowest BCUT2D eigenvalue weighted by atomic mass is 9.94. The number of urea groups is 1. The molecule has 0 aromatic carbocycles. The number of aliphatic carboxylic acids is 1. The molecule has 0 aromatic heterocycles. The molecule has 0 spiro atoms. The summed E-state index contributed by atoms with van der Waals surface area (Å²) in [6.45, 7) is 7.01. The number of carbonyl (C=O) groups is 2. The third kappa shape index (κ3) is 7.30. The number of nitrogens with zero attached hydrogens (tertiary/aromatic N) is 1. The zero-order valence-electron chi connectivity index (χ0n) is 12.2. The summed E-state index contributed by atoms with van der Waals surface area (Å²) in [5.41, 5.74) is 2.74. The topological polar surface area (TPSA) is 90.9 Å². The van der Waals surface area contributed by atoms with Crippen molar-refractivity contribution in [3.05, 3.63) is 0 Å². The van der Waals surface area contributed by atoms with Crippen LogP contribution < -0.4 is 10.7 Å². The number of carbonyl (C=O) groups excluding carboxylic acids is 1. The molecule has 1 fully saturated rings. The van der Waals surface area contributed by atoms with Gasteiger partial charge in [0.25, 0.3) is 0 Å². The van der Waals surface area contributed by atoms with E-state index in [1.807, 2.05) is 13.8 Å². The molecule has 3 N–H and O–H groups in total. The van der Waals surface area contributed by atoms with E-state index >= 15 is 0 Å². The van der Waals surface area contributed by atoms with Crippen LogP contribution in [0.4, 0.5) is 4.79 Å². The number of morpholine rings is 1. The van der Waals surface area contributed by atoms with Crippen molar-refractivity contribution in [1.82, 2.24) is 15.8 Å². The molecule has 0 bridgehead atoms. The van der Waals surface area contributed by atoms with Gasteiger partial charge < -0.3 is 15.2 Å². The summed E-state index contributed by atoms with van der Waals surface area (Å²) >= 11 is 0. The third-order valence-corrected chi connectivity index (χ3v) is 3.09. The summed E-state index contributed by atoms with van der Waals surface area (Å²) in [7, 11) is 0. The highest BCUT2D eigenvalue weighted by Gasteiger charge is 2.17. The molecule has 1 unspecified atom stereocenters. The molecule has 0 radical (unpaired) electrons. The fraction of sp³-hybridized carbons (Fsp3) is 0.846. The van der Waals surface area contributed by atoms with E-state index in [4.69, 9.17) is 9.84 Å². The summed E-state index contributed by atoms with van der Waals surface area (Å²) < 4.78 is 5.19. The standard InChI is InChI=1S/C13H25N3O4/c1-10(2)7-11(8-12(17)18)9-14-13(19)15-16-3-5-20-6-4-16/h10-11H,3-9H2,1-2H3,(H,17,18)(H2,14,15,19). The van der Waals surface area contributed by atoms with Crippen LogP contribution in [0.2, 0.25) is 0 Å². The molecular weight excluding hydrogens is 262 g/mol. The minimum Gasteiger partial charge on any atom is -0.481 e. The molecule has 0 saturated carbocycles. The van der Waals surface area contributed by atoms with E-state index in [2.05, 4.69) is 10.7 Å². The first kappa shape index (κ1) is 16.7. The van der Waals surface area contributed by atoms with Crippen LogP contribution in [0.1, 0.15) is 26.7 Å². The monoisotopic (exact) mass is 287 g/mol. The van der Waals surface area contributed by atoms with E-state index in [9.17, 15) is 9.59 Å². The zero-order chi connectivity index (χ0) is 15.0. The Morgan fingerprint density at radius 1 is 1.30 bits per heavy atom. The number of rotatable bonds is 7. The highest BCUT2D eigenvalue weighted by atomic mass is 16.5. The molecule has 20 heavy (non-hydrogen) atoms. The molecule has 1 rings (SSSR count). The normalized spacial score (nSPS) is 17.8. The number of carboxylic acid groups (broad SMARTS) is 1. The molecule has 1 aliphatic rings. The van der Waals surface area contributed by atoms with Gasteiger partial charge in [-0.25, -0.2) is 9.80 Å². The summed E-state index contributed by atoms with van der Waals surface area (Å²) in [5.74, 6) is -0.461. The van der Waals surface area contributed by atoms with Gasteiger partial charge in [0, 0.05) is 26.1 Å². The van der Waals surface area contributed by atoms with Crippen LogP contribution in [0.15, 0.2) is 0 Å². The minimum absolute atomic E-state index is 0.0389. The molecule has 7 heteroatoms. The smallest absolute Gasteiger partial charge is 0.329 e. The number of ether oxygens (including phenoxy) is 1. The molecule has 1 saturated heterocycles. The van der Waals surface area contributed by atoms with Gasteiger partial charge in [-0.2, -0.15) is 0 Å². The van der Waals surface area contributed by atoms with Gasteiger partial charge in [0.2, 0.25) is 0 Å². The summed E-state index contributed by atoms with van der Waals surface area (Å²) in [6, 6.07) is -0.286. The highest BCUT2D eigenvalue weighted by Crippen LogP contribution is 2.14. The van der Waals surface area contributed by atoms with Gasteiger partial charge in [-0.05, 0) is 18.3 Å². The zero-order valence-corrected chi connectivity index (χ0v) is 12.2. The van der Waals surface area contributed by atoms with Crippen LogP contribution in [0.3, 0.4) is 0 Å². The van der Waals surface area contributed by atoms with Crippen molar-refractivity contribution < 1.29 is 19.4 Å². The maximum atomic E-state index is 11.7. The minimum atomic E-state index is -0.828. The number of hydrogen-bond donors (Lipinski definition) is 3. The van der Waals surface area contributed by atoms with Crippen LogP contribution in [0.25, 0.3) is 0 Å². The Hall–Kier alpha value is -1.34. The summed E-state index contributed by atoms with van der Waals surface area (Å²) in [5, 5.41) is 13.4. The Labute approximate surface area is 119 Å². The lowest BCUT2D eigenvalue weighted by Crippen LogP contribution is -2.52. The maximum Gasteiger partial charge on any atom is 0.329 e. The van der Waals surface area contributed by atoms with Crippen LogP contribution in [-0.4, -0.2) is 55.0 Å². The van der Waals surface area contributed by atoms with Gasteiger partial charge in [-0.1, -0.05) is 13.8 Å². The average molecular weight is 287 g/mol. The number of hydrogen-bond acceptors (Lipinski definition) is 4. The third-order valence-electron chi connectivity index (χ3n) is 3.09. The lowest BCUT2D eigenvalue weighted by Gasteiger charge is -2.27. The van der Waals surface area contributed by atoms with E-state index in [1.54, 1.807) is 5.01 Å². The molecule has 1 atom stereocenters. The fourth-order valence-electron chi connectivity index (χ4n) is 2.25. The predicted octanol–water partition coefficient (Wildman–Crippen LogP) is 0.670. The predicted molar refractivity (Wildman–Crippen MR) is 74.1 cm³/mol. The Morgan fingerprint density at radius 2 is 1.95 bits per heavy atom. The van der Waals surface area contributed by atoms with Crippen LogP contribution >= 0.6 is 0 Å². The number of carboxylic acids is 1. The van der Waals surface area contributed by atoms with E-state index in [-0.39, 0.29) is 18.4 Å². The van der Waals surface area contributed by atoms with E-state index < -0.39 is 5.97 Å². The van der Waals surface area contributed by atoms with Crippen molar-refractivity contribution in [1.29, 1.82) is 0 Å². The van der Waals surface area contributed by atoms with Crippen molar-refractivity contribution in [2.45, 2.75) is 26.7 Å². The van der Waals surface area contributed by atoms with Crippen LogP contribution in [-0.2, 0) is 9.53 Å². The first-order valence-corrected chi connectivity index (χ1v) is 7.06. The summed E-state index contributed by atoms with van der Waals surface area (Å²) in [4.78, 5) is 22.5. The second-order valence-electron chi connectivity index (χ2n) is 5.51. The molecule has 0 aliphatic carbocycles. The first-order valence-electron chi connectivity index (χ1n) is 7.06. The van der Waals surface area contributed by atoms with Crippen molar-refractivity contribution in [2.75, 3.05) is 32.8 Å². The van der Waals surface area contributed by atoms with Crippen molar-refractivity contribution >= 4 is 12.0 Å². The van der Waals surface area contributed by atoms with Gasteiger partial charge in [0.1, 0.15) is 0 Å². The van der Waals surface area contributed by atoms with E-state index in [1.165, 1.54) is 0 Å². The molecule has 116 valence electrons. The number of hydrazine groups is 1. The molecule has 1 heterocycles. The fourth-order valence-corrected chi connectivity index (χ4v) is 2.25. The molecule has 7 nitrogen and oxygen atoms in total. The van der Waals surface area contributed by atoms with E-state index in [0.717, 1.165) is 6.42 Å². The maximum absolute atomic E-state index is 11.7. The average Bonchev–Trinajstić information content (AvgIpc) is 2.36. The van der Waals surface area contributed by atoms with Crippen molar-refractivity contribution in [3.8, 4) is 0 Å². The van der Waals surface area contributed by atoms with Gasteiger partial charge in [0.05, 0.1) is 13.2 Å². The van der Waals surface area contributed by atoms with Crippen LogP contribution in [0, 0.1) is 11.8 Å². The van der Waals surface area contributed by atoms with Crippen molar-refractivity contribution in [2.24, 2.45) is 11.8 Å². The Balaban J connectivity index is 2.29. The van der Waals surface area contributed by atoms with Gasteiger partial charge in [-0.15, -0.1) is 0 Å². The quantitative estimate of drug-likeness (QED) is 0.640. The highest BCUT2D eigenvalue weighted by molar-refractivity contribution is 5.73. The SMILES string of the molecule is CC(C)CC(CNC(=O)NN1CCOCC1)CC(=O)O. The largest absolute Gasteiger partial charge is 0.481 e. The van der Waals surface area contributed by atoms with Gasteiger partial charge in [0.15, 0.2) is 0 Å². The first-order chi connectivity index (χ1) is 9.47. The second-order valence-corrected chi connectivity index (χ2v) is 5.51. The number of amides is 2. The molecule has 1 aliphatic heterocycles. The van der Waals surface area contributed by atoms with Gasteiger partial charge in [-0.3, -0.25) is 10.2 Å². The lowest BCUT2D eigenvalue weighted by molar-refractivity contribution is -0.138. The van der Waals surface area contributed by atoms with Crippen molar-refractivity contribution in [3.63, 3.8) is 0 Å². The Bertz CT molecular complexity index is 317. The molecular formula is C13H25N3O4. The molecule has 0 aromatic rings. The Morgan fingerprint density at radius 3 is 2.50 bits per heavy atom. The summed E-state index contributed by atoms with van der Waals surface area (Å²) in [6.07, 6.45) is 0.861.